The predicted octanol–water partition coefficient (Wildman–Crippen LogP) is 3.20. The van der Waals surface area contributed by atoms with E-state index in [1.807, 2.05) is 13.8 Å². The molecule has 1 atom stereocenters. The number of rotatable bonds is 12. The monoisotopic (exact) mass is 550 g/mol. The second-order valence-electron chi connectivity index (χ2n) is 10.6. The quantitative estimate of drug-likeness (QED) is 0.310. The molecular formula is C31H42N4O5. The molecule has 2 N–H and O–H groups in total. The molecule has 2 aromatic rings. The molecule has 0 aromatic heterocycles. The zero-order valence-corrected chi connectivity index (χ0v) is 24.0. The molecule has 3 rings (SSSR count). The van der Waals surface area contributed by atoms with Crippen LogP contribution in [0.5, 0.6) is 0 Å². The van der Waals surface area contributed by atoms with Crippen LogP contribution in [0.4, 0.5) is 0 Å². The number of amides is 3. The minimum atomic E-state index is -0.512. The minimum Gasteiger partial charge on any atom is -0.466 e. The van der Waals surface area contributed by atoms with Crippen LogP contribution in [-0.4, -0.2) is 79.4 Å². The van der Waals surface area contributed by atoms with E-state index in [2.05, 4.69) is 69.7 Å². The Labute approximate surface area is 236 Å². The number of esters is 1. The Morgan fingerprint density at radius 3 is 2.40 bits per heavy atom. The van der Waals surface area contributed by atoms with E-state index < -0.39 is 11.9 Å². The first-order chi connectivity index (χ1) is 19.2. The summed E-state index contributed by atoms with van der Waals surface area (Å²) in [6.07, 6.45) is 4.60. The van der Waals surface area contributed by atoms with E-state index in [9.17, 15) is 19.2 Å². The molecule has 0 saturated carbocycles. The number of nitrogens with zero attached hydrogens (tertiary/aromatic N) is 2. The van der Waals surface area contributed by atoms with Crippen LogP contribution in [0.15, 0.2) is 54.6 Å². The molecule has 9 nitrogen and oxygen atoms in total. The molecular weight excluding hydrogens is 508 g/mol. The lowest BCUT2D eigenvalue weighted by Crippen LogP contribution is -2.51. The van der Waals surface area contributed by atoms with Crippen molar-refractivity contribution in [3.8, 4) is 0 Å². The van der Waals surface area contributed by atoms with E-state index >= 15 is 0 Å². The van der Waals surface area contributed by atoms with Crippen LogP contribution in [0.2, 0.25) is 0 Å². The van der Waals surface area contributed by atoms with Crippen LogP contribution in [0, 0.1) is 5.92 Å². The summed E-state index contributed by atoms with van der Waals surface area (Å²) in [7, 11) is 1.27. The largest absolute Gasteiger partial charge is 0.466 e. The number of benzene rings is 2. The molecule has 0 spiro atoms. The Morgan fingerprint density at radius 2 is 1.70 bits per heavy atom. The molecule has 9 heteroatoms. The summed E-state index contributed by atoms with van der Waals surface area (Å²) >= 11 is 0. The Morgan fingerprint density at radius 1 is 1.00 bits per heavy atom. The molecule has 1 fully saturated rings. The van der Waals surface area contributed by atoms with E-state index in [1.165, 1.54) is 35.6 Å². The van der Waals surface area contributed by atoms with Gasteiger partial charge in [-0.1, -0.05) is 62.4 Å². The van der Waals surface area contributed by atoms with Crippen LogP contribution >= 0.6 is 0 Å². The van der Waals surface area contributed by atoms with Gasteiger partial charge in [0.1, 0.15) is 0 Å². The van der Waals surface area contributed by atoms with E-state index in [0.29, 0.717) is 6.42 Å². The van der Waals surface area contributed by atoms with Gasteiger partial charge in [-0.25, -0.2) is 4.79 Å². The van der Waals surface area contributed by atoms with Gasteiger partial charge in [0.25, 0.3) is 0 Å². The fourth-order valence-corrected chi connectivity index (χ4v) is 5.13. The summed E-state index contributed by atoms with van der Waals surface area (Å²) in [6.45, 7) is 7.70. The van der Waals surface area contributed by atoms with Crippen LogP contribution in [0.25, 0.3) is 10.8 Å². The maximum absolute atomic E-state index is 13.2. The van der Waals surface area contributed by atoms with Crippen LogP contribution < -0.4 is 10.6 Å². The third kappa shape index (κ3) is 8.91. The number of piperidine rings is 1. The fourth-order valence-electron chi connectivity index (χ4n) is 5.13. The topological polar surface area (TPSA) is 108 Å². The van der Waals surface area contributed by atoms with Crippen molar-refractivity contribution in [3.63, 3.8) is 0 Å². The Hall–Kier alpha value is -3.72. The molecule has 216 valence electrons. The number of hydrogen-bond donors (Lipinski definition) is 2. The van der Waals surface area contributed by atoms with Crippen molar-refractivity contribution in [2.75, 3.05) is 39.8 Å². The van der Waals surface area contributed by atoms with E-state index in [4.69, 9.17) is 0 Å². The van der Waals surface area contributed by atoms with Gasteiger partial charge < -0.3 is 20.3 Å². The lowest BCUT2D eigenvalue weighted by molar-refractivity contribution is -0.140. The molecule has 2 aromatic carbocycles. The number of methoxy groups -OCH3 is 1. The number of fused-ring (bicyclic) bond motifs is 1. The van der Waals surface area contributed by atoms with Crippen molar-refractivity contribution in [1.29, 1.82) is 0 Å². The molecule has 1 heterocycles. The molecule has 1 aliphatic rings. The first kappa shape index (κ1) is 30.8. The molecule has 0 bridgehead atoms. The number of ether oxygens (including phenoxy) is 1. The van der Waals surface area contributed by atoms with Crippen LogP contribution in [-0.2, 0) is 23.9 Å². The molecule has 0 aliphatic carbocycles. The zero-order chi connectivity index (χ0) is 29.1. The van der Waals surface area contributed by atoms with Crippen LogP contribution in [0.3, 0.4) is 0 Å². The summed E-state index contributed by atoms with van der Waals surface area (Å²) < 4.78 is 4.49. The Balaban J connectivity index is 1.56. The van der Waals surface area contributed by atoms with Crippen molar-refractivity contribution < 1.29 is 23.9 Å². The van der Waals surface area contributed by atoms with E-state index in [1.54, 1.807) is 4.90 Å². The van der Waals surface area contributed by atoms with Crippen molar-refractivity contribution in [2.24, 2.45) is 5.92 Å². The standard InChI is InChI=1S/C31H42N4O5/c1-22(2)19-30(38)35(21-29(37)33-20-28(36)32-16-8-13-31(39)40-4)25-14-17-34(18-15-25)23(3)26-12-7-10-24-9-5-6-11-27(24)26/h5-13,22-23,25H,14-21H2,1-4H3,(H,32,36)(H,33,37)/b13-8+/t23-/m1/s1. The second-order valence-corrected chi connectivity index (χ2v) is 10.6. The zero-order valence-electron chi connectivity index (χ0n) is 24.0. The number of nitrogens with one attached hydrogen (secondary N) is 2. The third-order valence-electron chi connectivity index (χ3n) is 7.30. The summed E-state index contributed by atoms with van der Waals surface area (Å²) in [6, 6.07) is 15.0. The van der Waals surface area contributed by atoms with Crippen molar-refractivity contribution in [2.45, 2.75) is 52.1 Å². The van der Waals surface area contributed by atoms with Gasteiger partial charge in [-0.15, -0.1) is 0 Å². The number of likely N-dealkylation sites (tertiary alicyclic amines) is 1. The first-order valence-electron chi connectivity index (χ1n) is 14.0. The van der Waals surface area contributed by atoms with E-state index in [-0.39, 0.29) is 49.5 Å². The van der Waals surface area contributed by atoms with Crippen molar-refractivity contribution in [3.05, 3.63) is 60.2 Å². The summed E-state index contributed by atoms with van der Waals surface area (Å²) in [5.74, 6) is -1.14. The number of carbonyl (C=O) groups is 4. The fraction of sp³-hybridized carbons (Fsp3) is 0.484. The Kier molecular flexibility index (Phi) is 11.7. The Bertz CT molecular complexity index is 1200. The second kappa shape index (κ2) is 15.2. The van der Waals surface area contributed by atoms with Gasteiger partial charge in [-0.2, -0.15) is 0 Å². The third-order valence-corrected chi connectivity index (χ3v) is 7.30. The maximum atomic E-state index is 13.2. The number of carbonyl (C=O) groups excluding carboxylic acids is 4. The van der Waals surface area contributed by atoms with Gasteiger partial charge in [-0.3, -0.25) is 19.3 Å². The highest BCUT2D eigenvalue weighted by atomic mass is 16.5. The summed E-state index contributed by atoms with van der Waals surface area (Å²) in [4.78, 5) is 53.2. The molecule has 3 amide bonds. The molecule has 40 heavy (non-hydrogen) atoms. The molecule has 0 unspecified atom stereocenters. The lowest BCUT2D eigenvalue weighted by Gasteiger charge is -2.41. The van der Waals surface area contributed by atoms with Crippen molar-refractivity contribution >= 4 is 34.5 Å². The minimum absolute atomic E-state index is 0.0368. The van der Waals surface area contributed by atoms with Gasteiger partial charge in [0, 0.05) is 44.2 Å². The maximum Gasteiger partial charge on any atom is 0.330 e. The summed E-state index contributed by atoms with van der Waals surface area (Å²) in [5.41, 5.74) is 1.29. The highest BCUT2D eigenvalue weighted by molar-refractivity contribution is 5.89. The highest BCUT2D eigenvalue weighted by Crippen LogP contribution is 2.31. The van der Waals surface area contributed by atoms with Gasteiger partial charge in [0.2, 0.25) is 17.7 Å². The molecule has 0 radical (unpaired) electrons. The first-order valence-corrected chi connectivity index (χ1v) is 14.0. The predicted molar refractivity (Wildman–Crippen MR) is 155 cm³/mol. The van der Waals surface area contributed by atoms with Gasteiger partial charge in [-0.05, 0) is 42.0 Å². The SMILES string of the molecule is COC(=O)/C=C/CNC(=O)CNC(=O)CN(C(=O)CC(C)C)C1CCN([C@H](C)c2cccc3ccccc23)CC1. The van der Waals surface area contributed by atoms with Crippen LogP contribution in [0.1, 0.15) is 51.6 Å². The highest BCUT2D eigenvalue weighted by Gasteiger charge is 2.31. The van der Waals surface area contributed by atoms with Gasteiger partial charge in [0.05, 0.1) is 20.2 Å². The van der Waals surface area contributed by atoms with Crippen molar-refractivity contribution in [1.82, 2.24) is 20.4 Å². The lowest BCUT2D eigenvalue weighted by atomic mass is 9.95. The van der Waals surface area contributed by atoms with Gasteiger partial charge in [0.15, 0.2) is 0 Å². The normalized spacial score (nSPS) is 15.2. The molecule has 1 saturated heterocycles. The average molecular weight is 551 g/mol. The number of hydrogen-bond acceptors (Lipinski definition) is 6. The molecule has 1 aliphatic heterocycles. The smallest absolute Gasteiger partial charge is 0.330 e. The van der Waals surface area contributed by atoms with Gasteiger partial charge >= 0.3 is 5.97 Å². The average Bonchev–Trinajstić information content (AvgIpc) is 2.95. The summed E-state index contributed by atoms with van der Waals surface area (Å²) in [5, 5.41) is 7.69. The van der Waals surface area contributed by atoms with E-state index in [0.717, 1.165) is 25.9 Å².